The number of fused-ring (bicyclic) bond motifs is 1. The Morgan fingerprint density at radius 2 is 1.91 bits per heavy atom. The molecule has 22 heavy (non-hydrogen) atoms. The molecule has 126 valence electrons. The second-order valence-electron chi connectivity index (χ2n) is 4.73. The fourth-order valence-corrected chi connectivity index (χ4v) is 2.83. The standard InChI is InChI=1S/C12H14F3N3OS.2ClH/c1-17(2)5-6-18-9-4-3-8(19-12(13,14)15)7-10(9)20-11(18)16;;/h3-4,7,16H,5-6H2,1-2H3;2*1H. The number of hydrogen-bond acceptors (Lipinski definition) is 3. The van der Waals surface area contributed by atoms with Crippen LogP contribution in [0.25, 0.3) is 10.2 Å². The lowest BCUT2D eigenvalue weighted by atomic mass is 10.3. The molecule has 0 fully saturated rings. The van der Waals surface area contributed by atoms with Crippen LogP contribution in [0.3, 0.4) is 0 Å². The lowest BCUT2D eigenvalue weighted by molar-refractivity contribution is -0.879. The fraction of sp³-hybridized carbons (Fsp3) is 0.417. The van der Waals surface area contributed by atoms with Gasteiger partial charge >= 0.3 is 11.5 Å². The number of nitrogens with one attached hydrogen (secondary N) is 1. The van der Waals surface area contributed by atoms with Crippen LogP contribution in [0.15, 0.2) is 18.2 Å². The predicted octanol–water partition coefficient (Wildman–Crippen LogP) is -5.18. The van der Waals surface area contributed by atoms with Crippen LogP contribution in [-0.4, -0.2) is 27.0 Å². The topological polar surface area (TPSA) is 43.6 Å². The van der Waals surface area contributed by atoms with Gasteiger partial charge in [-0.25, -0.2) is 4.57 Å². The molecule has 0 amide bonds. The minimum absolute atomic E-state index is 0. The third-order valence-corrected chi connectivity index (χ3v) is 3.75. The van der Waals surface area contributed by atoms with E-state index in [2.05, 4.69) is 4.74 Å². The Hall–Kier alpha value is -0.960. The molecular formula is C12H16Cl2F3N3OS. The van der Waals surface area contributed by atoms with Crippen molar-refractivity contribution in [1.82, 2.24) is 0 Å². The Morgan fingerprint density at radius 3 is 2.45 bits per heavy atom. The molecule has 0 aliphatic heterocycles. The number of quaternary nitrogens is 1. The van der Waals surface area contributed by atoms with Gasteiger partial charge in [0.05, 0.1) is 18.8 Å². The van der Waals surface area contributed by atoms with Gasteiger partial charge in [0, 0.05) is 6.07 Å². The zero-order valence-electron chi connectivity index (χ0n) is 11.9. The molecule has 3 N–H and O–H groups in total. The summed E-state index contributed by atoms with van der Waals surface area (Å²) in [5.41, 5.74) is 6.75. The van der Waals surface area contributed by atoms with Crippen LogP contribution in [0.1, 0.15) is 0 Å². The summed E-state index contributed by atoms with van der Waals surface area (Å²) in [5, 5.41) is 0.574. The number of hydrogen-bond donors (Lipinski definition) is 2. The minimum atomic E-state index is -4.68. The summed E-state index contributed by atoms with van der Waals surface area (Å²) in [4.78, 5) is 1.27. The van der Waals surface area contributed by atoms with Gasteiger partial charge in [-0.15, -0.1) is 13.2 Å². The van der Waals surface area contributed by atoms with Crippen LogP contribution in [0.2, 0.25) is 0 Å². The summed E-state index contributed by atoms with van der Waals surface area (Å²) in [7, 11) is 4.06. The number of benzene rings is 1. The number of alkyl halides is 3. The summed E-state index contributed by atoms with van der Waals surface area (Å²) >= 11 is 1.25. The molecule has 10 heteroatoms. The van der Waals surface area contributed by atoms with E-state index in [1.807, 2.05) is 18.7 Å². The number of anilines is 1. The van der Waals surface area contributed by atoms with E-state index in [4.69, 9.17) is 5.73 Å². The Labute approximate surface area is 142 Å². The van der Waals surface area contributed by atoms with Gasteiger partial charge in [-0.05, 0) is 23.5 Å². The minimum Gasteiger partial charge on any atom is -1.00 e. The molecule has 0 spiro atoms. The van der Waals surface area contributed by atoms with E-state index < -0.39 is 6.36 Å². The van der Waals surface area contributed by atoms with Crippen molar-refractivity contribution in [2.24, 2.45) is 0 Å². The van der Waals surface area contributed by atoms with Gasteiger partial charge in [-0.2, -0.15) is 0 Å². The molecule has 4 nitrogen and oxygen atoms in total. The SMILES string of the molecule is C[NH+](C)CC[n+]1c(N)sc2cc(OC(F)(F)F)ccc21.[Cl-].[Cl-]. The molecule has 0 saturated carbocycles. The molecule has 2 rings (SSSR count). The van der Waals surface area contributed by atoms with Crippen molar-refractivity contribution < 1.29 is 52.2 Å². The summed E-state index contributed by atoms with van der Waals surface area (Å²) < 4.78 is 43.0. The highest BCUT2D eigenvalue weighted by atomic mass is 35.5. The number of nitrogens with two attached hydrogens (primary N) is 1. The van der Waals surface area contributed by atoms with E-state index in [1.165, 1.54) is 28.4 Å². The van der Waals surface area contributed by atoms with E-state index in [-0.39, 0.29) is 30.6 Å². The van der Waals surface area contributed by atoms with Gasteiger partial charge in [-0.3, -0.25) is 5.73 Å². The number of nitrogen functional groups attached to an aromatic ring is 1. The van der Waals surface area contributed by atoms with Crippen molar-refractivity contribution in [2.75, 3.05) is 26.4 Å². The number of rotatable bonds is 4. The molecule has 0 aliphatic carbocycles. The van der Waals surface area contributed by atoms with Gasteiger partial charge in [0.1, 0.15) is 24.4 Å². The van der Waals surface area contributed by atoms with Crippen LogP contribution in [0.4, 0.5) is 18.3 Å². The Morgan fingerprint density at radius 1 is 1.27 bits per heavy atom. The van der Waals surface area contributed by atoms with E-state index >= 15 is 0 Å². The van der Waals surface area contributed by atoms with Gasteiger partial charge in [0.15, 0.2) is 0 Å². The average molecular weight is 378 g/mol. The molecule has 0 bridgehead atoms. The summed E-state index contributed by atoms with van der Waals surface area (Å²) in [6.45, 7) is 1.59. The number of nitrogens with zero attached hydrogens (tertiary/aromatic N) is 1. The van der Waals surface area contributed by atoms with Crippen molar-refractivity contribution >= 4 is 26.7 Å². The quantitative estimate of drug-likeness (QED) is 0.523. The van der Waals surface area contributed by atoms with E-state index in [9.17, 15) is 13.2 Å². The first-order valence-corrected chi connectivity index (χ1v) is 6.84. The van der Waals surface area contributed by atoms with E-state index in [1.54, 1.807) is 6.07 Å². The van der Waals surface area contributed by atoms with E-state index in [0.717, 1.165) is 12.1 Å². The zero-order valence-corrected chi connectivity index (χ0v) is 14.2. The highest BCUT2D eigenvalue weighted by Crippen LogP contribution is 2.29. The first-order chi connectivity index (χ1) is 9.26. The van der Waals surface area contributed by atoms with Crippen LogP contribution < -0.4 is 44.8 Å². The van der Waals surface area contributed by atoms with Gasteiger partial charge in [-0.1, -0.05) is 0 Å². The maximum absolute atomic E-state index is 12.2. The van der Waals surface area contributed by atoms with Gasteiger partial charge in [0.25, 0.3) is 0 Å². The van der Waals surface area contributed by atoms with Crippen LogP contribution in [0, 0.1) is 0 Å². The maximum atomic E-state index is 12.2. The molecule has 0 atom stereocenters. The molecule has 0 saturated heterocycles. The number of thiazole rings is 1. The molecule has 0 radical (unpaired) electrons. The molecule has 1 aromatic heterocycles. The lowest BCUT2D eigenvalue weighted by Gasteiger charge is -2.08. The fourth-order valence-electron chi connectivity index (χ4n) is 1.85. The normalized spacial score (nSPS) is 11.2. The predicted molar refractivity (Wildman–Crippen MR) is 70.8 cm³/mol. The Balaban J connectivity index is 0.00000220. The molecule has 0 unspecified atom stereocenters. The second kappa shape index (κ2) is 8.05. The first kappa shape index (κ1) is 21.0. The van der Waals surface area contributed by atoms with Crippen molar-refractivity contribution in [1.29, 1.82) is 0 Å². The average Bonchev–Trinajstić information content (AvgIpc) is 2.59. The molecule has 0 aliphatic rings. The summed E-state index contributed by atoms with van der Waals surface area (Å²) in [5.74, 6) is -0.225. The number of halogens is 5. The Kier molecular flexibility index (Phi) is 7.70. The van der Waals surface area contributed by atoms with E-state index in [0.29, 0.717) is 16.4 Å². The highest BCUT2D eigenvalue weighted by Gasteiger charge is 2.31. The summed E-state index contributed by atoms with van der Waals surface area (Å²) in [6.07, 6.45) is -4.68. The second-order valence-corrected chi connectivity index (χ2v) is 5.79. The maximum Gasteiger partial charge on any atom is 0.573 e. The molecule has 1 aromatic carbocycles. The highest BCUT2D eigenvalue weighted by molar-refractivity contribution is 7.21. The van der Waals surface area contributed by atoms with Crippen molar-refractivity contribution in [3.63, 3.8) is 0 Å². The third kappa shape index (κ3) is 5.35. The lowest BCUT2D eigenvalue weighted by Crippen LogP contribution is -3.06. The van der Waals surface area contributed by atoms with Gasteiger partial charge in [0.2, 0.25) is 0 Å². The first-order valence-electron chi connectivity index (χ1n) is 6.03. The van der Waals surface area contributed by atoms with Crippen molar-refractivity contribution in [3.8, 4) is 5.75 Å². The summed E-state index contributed by atoms with van der Waals surface area (Å²) in [6, 6.07) is 4.28. The number of ether oxygens (including phenoxy) is 1. The molecule has 1 heterocycles. The molecule has 2 aromatic rings. The molecular weight excluding hydrogens is 362 g/mol. The third-order valence-electron chi connectivity index (χ3n) is 2.77. The largest absolute Gasteiger partial charge is 1.00 e. The smallest absolute Gasteiger partial charge is 0.573 e. The van der Waals surface area contributed by atoms with Crippen molar-refractivity contribution in [2.45, 2.75) is 12.9 Å². The zero-order chi connectivity index (χ0) is 14.9. The monoisotopic (exact) mass is 377 g/mol. The Bertz CT molecular complexity index is 619. The number of aromatic nitrogens is 1. The van der Waals surface area contributed by atoms with Crippen LogP contribution in [0.5, 0.6) is 5.75 Å². The van der Waals surface area contributed by atoms with Crippen molar-refractivity contribution in [3.05, 3.63) is 18.2 Å². The van der Waals surface area contributed by atoms with Crippen LogP contribution in [-0.2, 0) is 6.54 Å². The van der Waals surface area contributed by atoms with Crippen LogP contribution >= 0.6 is 11.3 Å². The van der Waals surface area contributed by atoms with Gasteiger partial charge < -0.3 is 34.5 Å². The number of likely N-dealkylation sites (N-methyl/N-ethyl adjacent to an activating group) is 1.